The van der Waals surface area contributed by atoms with Crippen LogP contribution < -0.4 is 61.8 Å². The molecule has 5 aromatic carbocycles. The number of piperidine rings is 4. The van der Waals surface area contributed by atoms with Crippen LogP contribution in [0.4, 0.5) is 46.0 Å². The van der Waals surface area contributed by atoms with Crippen molar-refractivity contribution in [1.82, 2.24) is 83.3 Å². The molecule has 1 saturated carbocycles. The fraction of sp³-hybridized carbons (Fsp3) is 0.433. The Morgan fingerprint density at radius 3 is 1.20 bits per heavy atom. The van der Waals surface area contributed by atoms with E-state index in [1.807, 2.05) is 112 Å². The van der Waals surface area contributed by atoms with Gasteiger partial charge in [-0.2, -0.15) is 20.4 Å². The highest BCUT2D eigenvalue weighted by Crippen LogP contribution is 2.43. The van der Waals surface area contributed by atoms with Crippen LogP contribution in [-0.2, 0) is 39.8 Å². The zero-order chi connectivity index (χ0) is 107. The number of benzene rings is 5. The Morgan fingerprint density at radius 2 is 0.813 bits per heavy atom. The number of carbonyl (C=O) groups excluding carboxylic acids is 4. The summed E-state index contributed by atoms with van der Waals surface area (Å²) in [4.78, 5) is 86.4. The average Bonchev–Trinajstić information content (AvgIpc) is 1.61. The fourth-order valence-corrected chi connectivity index (χ4v) is 23.7. The van der Waals surface area contributed by atoms with Gasteiger partial charge >= 0.3 is 0 Å². The molecule has 4 amide bonds. The third-order valence-corrected chi connectivity index (χ3v) is 31.2. The van der Waals surface area contributed by atoms with Gasteiger partial charge in [0.25, 0.3) is 23.6 Å². The number of hydrogen-bond acceptors (Lipinski definition) is 27. The van der Waals surface area contributed by atoms with E-state index in [-0.39, 0.29) is 94.3 Å². The highest BCUT2D eigenvalue weighted by atomic mass is 35.5. The van der Waals surface area contributed by atoms with E-state index >= 15 is 0 Å². The van der Waals surface area contributed by atoms with E-state index in [1.54, 1.807) is 76.4 Å². The van der Waals surface area contributed by atoms with Crippen molar-refractivity contribution in [2.24, 2.45) is 17.2 Å². The third-order valence-electron chi connectivity index (χ3n) is 28.0. The van der Waals surface area contributed by atoms with Crippen LogP contribution in [-0.4, -0.2) is 258 Å². The molecule has 20 rings (SSSR count). The van der Waals surface area contributed by atoms with Crippen LogP contribution in [0.5, 0.6) is 0 Å². The molecule has 13 N–H and O–H groups in total. The molecule has 798 valence electrons. The molecule has 0 radical (unpaired) electrons. The fourth-order valence-electron chi connectivity index (χ4n) is 20.8. The Hall–Kier alpha value is -12.6. The van der Waals surface area contributed by atoms with E-state index in [9.17, 15) is 48.6 Å². The summed E-state index contributed by atoms with van der Waals surface area (Å²) in [5, 5.41) is 30.6. The molecule has 46 heteroatoms. The molecule has 39 nitrogen and oxygen atoms in total. The van der Waals surface area contributed by atoms with E-state index in [4.69, 9.17) is 92.3 Å². The molecule has 7 fully saturated rings. The number of halogens is 3. The first-order valence-electron chi connectivity index (χ1n) is 50.6. The maximum atomic E-state index is 13.9. The second-order valence-electron chi connectivity index (χ2n) is 40.7. The van der Waals surface area contributed by atoms with Crippen LogP contribution in [0, 0.1) is 34.6 Å². The summed E-state index contributed by atoms with van der Waals surface area (Å²) in [7, 11) is -13.3. The number of nitrogens with zero attached hydrogens (tertiary/aromatic N) is 18. The molecule has 6 saturated heterocycles. The van der Waals surface area contributed by atoms with Crippen molar-refractivity contribution >= 4 is 173 Å². The van der Waals surface area contributed by atoms with E-state index < -0.39 is 39.8 Å². The number of sulfonamides is 3. The van der Waals surface area contributed by atoms with E-state index in [1.165, 1.54) is 36.1 Å². The van der Waals surface area contributed by atoms with Crippen molar-refractivity contribution in [3.8, 4) is 0 Å². The lowest BCUT2D eigenvalue weighted by molar-refractivity contribution is 0.0599. The SMILES string of the molecule is C=S(C)(=O)Nc1ccc(Cl)cc1C(=O)N1CCCC[C@H]1c1cc2nc(NC3CC(N)C3)c(C)cn2n1.Cc1ccc(NS(C)(=O)=O)c(C(=O)N2CCCC[C@H]2c2cc3nc(N4CCN[C@@H](C)C4)c(C)cn3n2)c1.Cc1cn2nc([C@@H]3CCCCN3C(=O)c3cc(Cl)ccc3NS(C)(=O)=O)cc2nc1N1C[C@@H](N)[C@H](c2ccccc2)C1.Cc1cn2nc([C@@H]3CCCCN3C(=O)c3cc(Cl)ccc3NS(C)(=O)=O)cc2nc1NC(C)CN. The number of nitrogens with one attached hydrogen (secondary N) is 7. The maximum Gasteiger partial charge on any atom is 0.256 e. The molecule has 1 aliphatic carbocycles. The average molecular weight is 2180 g/mol. The number of piperazine rings is 1. The minimum absolute atomic E-state index is 0.000624. The number of rotatable bonds is 24. The molecule has 6 aliphatic heterocycles. The highest BCUT2D eigenvalue weighted by molar-refractivity contribution is 8.00. The summed E-state index contributed by atoms with van der Waals surface area (Å²) in [5.41, 5.74) is 32.5. The Bertz CT molecular complexity index is 7750. The molecule has 0 spiro atoms. The van der Waals surface area contributed by atoms with E-state index in [0.29, 0.717) is 100 Å². The quantitative estimate of drug-likeness (QED) is 0.0251. The lowest BCUT2D eigenvalue weighted by Gasteiger charge is -2.35. The van der Waals surface area contributed by atoms with Crippen LogP contribution in [0.15, 0.2) is 152 Å². The molecule has 13 aromatic rings. The topological polar surface area (TPSA) is 490 Å². The van der Waals surface area contributed by atoms with Crippen molar-refractivity contribution in [2.75, 3.05) is 130 Å². The first kappa shape index (κ1) is 109. The Labute approximate surface area is 889 Å². The number of anilines is 8. The lowest BCUT2D eigenvalue weighted by atomic mass is 9.87. The van der Waals surface area contributed by atoms with Crippen molar-refractivity contribution in [3.63, 3.8) is 0 Å². The number of aromatic nitrogens is 12. The second kappa shape index (κ2) is 45.5. The van der Waals surface area contributed by atoms with Crippen molar-refractivity contribution in [1.29, 1.82) is 0 Å². The summed E-state index contributed by atoms with van der Waals surface area (Å²) in [6.07, 6.45) is 24.8. The van der Waals surface area contributed by atoms with Gasteiger partial charge < -0.3 is 67.3 Å². The third kappa shape index (κ3) is 25.9. The van der Waals surface area contributed by atoms with Crippen LogP contribution in [0.25, 0.3) is 22.6 Å². The number of likely N-dealkylation sites (tertiary alicyclic amines) is 4. The van der Waals surface area contributed by atoms with Gasteiger partial charge in [0, 0.05) is 204 Å². The van der Waals surface area contributed by atoms with Gasteiger partial charge in [-0.25, -0.2) is 67.5 Å². The summed E-state index contributed by atoms with van der Waals surface area (Å²) in [5.74, 6) is 6.34. The number of nitrogens with two attached hydrogens (primary N) is 3. The minimum atomic E-state index is -3.60. The van der Waals surface area contributed by atoms with Crippen molar-refractivity contribution in [3.05, 3.63) is 246 Å². The Kier molecular flexibility index (Phi) is 33.0. The number of fused-ring (bicyclic) bond motifs is 4. The smallest absolute Gasteiger partial charge is 0.256 e. The largest absolute Gasteiger partial charge is 0.367 e. The number of amides is 4. The zero-order valence-electron chi connectivity index (χ0n) is 85.9. The second-order valence-corrected chi connectivity index (χ2v) is 49.4. The van der Waals surface area contributed by atoms with Crippen molar-refractivity contribution in [2.45, 2.75) is 199 Å². The molecule has 8 aromatic heterocycles. The molecule has 9 atom stereocenters. The van der Waals surface area contributed by atoms with Crippen LogP contribution in [0.1, 0.15) is 231 Å². The van der Waals surface area contributed by atoms with Gasteiger partial charge in [-0.1, -0.05) is 76.8 Å². The van der Waals surface area contributed by atoms with Gasteiger partial charge in [-0.15, -0.1) is 0 Å². The molecule has 14 heterocycles. The summed E-state index contributed by atoms with van der Waals surface area (Å²) < 4.78 is 101. The number of hydrogen-bond donors (Lipinski definition) is 10. The standard InChI is InChI=1S/C30H34ClN7O3S.C26H35N7O3S.C25H32ClN7O2S.C23H30ClN7O3S/c1-19-16-38-28(33-29(19)36-17-23(24(32)18-36)20-8-4-3-5-9-20)15-26(34-38)27-10-6-7-13-37(27)30(39)22-14-21(31)11-12-25(22)35-42(2,40)41;1-17-8-9-21(30-37(4,35)36)20(13-17)26(34)32-11-6-5-7-23(32)22-14-24-28-25(18(2)15-33(24)29-22)31-12-10-27-19(3)16-31;1-15-14-33-23(29-24(15)28-18-11-17(27)12-18)13-21(30-33)22-6-4-5-9-32(22)25(34)19-10-16(26)7-8-20(19)31-36(2,3)35;1-14-13-31-21(27-22(14)26-15(2)12-25)11-19(28-31)20-6-4-5-9-30(20)23(32)17-10-16(24)7-8-18(17)29-35(3,33)34/h3-5,8-9,11-12,14-16,23-24,27,35H,6-7,10,13,17-18,32H2,1-2H3;8-9,13-15,19,23,27,30H,5-7,10-12,16H2,1-4H3;7-8,10,13-14,17-18,22H,2,4-6,9,11-12,27H2,1,3H3,(H,28,29)(H,31,35);7-8,10-11,13,15,20,29H,4-6,9,12,25H2,1-3H3,(H,26,27)/t23-,24+,27-;19-,23-;17?,18?,22-,36?;15?,20-/m0000/s1. The van der Waals surface area contributed by atoms with Crippen LogP contribution in [0.2, 0.25) is 15.1 Å². The predicted octanol–water partition coefficient (Wildman–Crippen LogP) is 14.1. The first-order chi connectivity index (χ1) is 71.3. The monoisotopic (exact) mass is 2180 g/mol. The van der Waals surface area contributed by atoms with Gasteiger partial charge in [-0.3, -0.25) is 33.3 Å². The Morgan fingerprint density at radius 1 is 0.447 bits per heavy atom. The number of aryl methyl sites for hydroxylation is 5. The number of carbonyl (C=O) groups is 4. The summed E-state index contributed by atoms with van der Waals surface area (Å²) in [6, 6.07) is 37.5. The van der Waals surface area contributed by atoms with E-state index in [2.05, 4.69) is 76.5 Å². The summed E-state index contributed by atoms with van der Waals surface area (Å²) >= 11 is 18.6. The minimum Gasteiger partial charge on any atom is -0.367 e. The molecule has 2 unspecified atom stereocenters. The van der Waals surface area contributed by atoms with Crippen LogP contribution in [0.3, 0.4) is 0 Å². The van der Waals surface area contributed by atoms with E-state index in [0.717, 1.165) is 220 Å². The van der Waals surface area contributed by atoms with Crippen LogP contribution >= 0.6 is 34.8 Å². The lowest BCUT2D eigenvalue weighted by Crippen LogP contribution is -2.49. The maximum absolute atomic E-state index is 13.9. The molecular formula is C104H131Cl3N28O11S4. The first-order valence-corrected chi connectivity index (χ1v) is 59.5. The van der Waals surface area contributed by atoms with Gasteiger partial charge in [0.05, 0.1) is 111 Å². The normalized spacial score (nSPS) is 20.8. The molecular weight excluding hydrogens is 2050 g/mol. The predicted molar refractivity (Wildman–Crippen MR) is 593 cm³/mol. The summed E-state index contributed by atoms with van der Waals surface area (Å²) in [6.45, 7) is 21.0. The highest BCUT2D eigenvalue weighted by Gasteiger charge is 2.41. The molecule has 7 aliphatic rings. The van der Waals surface area contributed by atoms with Gasteiger partial charge in [0.2, 0.25) is 30.1 Å². The Balaban J connectivity index is 0.000000136. The molecule has 0 bridgehead atoms. The van der Waals surface area contributed by atoms with Crippen molar-refractivity contribution < 1.29 is 48.6 Å². The zero-order valence-corrected chi connectivity index (χ0v) is 91.5. The van der Waals surface area contributed by atoms with Gasteiger partial charge in [0.15, 0.2) is 22.6 Å². The van der Waals surface area contributed by atoms with Gasteiger partial charge in [0.1, 0.15) is 23.3 Å². The molecule has 150 heavy (non-hydrogen) atoms. The van der Waals surface area contributed by atoms with Gasteiger partial charge in [-0.05, 0) is 217 Å².